The largest absolute Gasteiger partial charge is 0.491 e. The van der Waals surface area contributed by atoms with Gasteiger partial charge in [-0.05, 0) is 12.5 Å². The first-order valence-electron chi connectivity index (χ1n) is 3.78. The van der Waals surface area contributed by atoms with Gasteiger partial charge in [0, 0.05) is 72.5 Å². The molecule has 0 amide bonds. The molecule has 1 aromatic heterocycles. The van der Waals surface area contributed by atoms with E-state index in [0.717, 1.165) is 0 Å². The topological polar surface area (TPSA) is 59.3 Å². The fourth-order valence-corrected chi connectivity index (χ4v) is 1.15. The minimum atomic E-state index is -1.20. The standard InChI is InChI=1S/C9H10NO3.2Y/c1-5-4-6(2)10(3)8(11)7(5)9(12)13;;/h1-3H3,(H,12,13);;/q-1;;. The van der Waals surface area contributed by atoms with Crippen LogP contribution in [0.4, 0.5) is 0 Å². The third kappa shape index (κ3) is 3.85. The molecule has 0 atom stereocenters. The molecule has 0 aliphatic heterocycles. The van der Waals surface area contributed by atoms with Gasteiger partial charge in [0.15, 0.2) is 5.56 Å². The molecule has 0 saturated carbocycles. The number of rotatable bonds is 1. The van der Waals surface area contributed by atoms with Gasteiger partial charge in [-0.1, -0.05) is 12.6 Å². The summed E-state index contributed by atoms with van der Waals surface area (Å²) in [4.78, 5) is 22.1. The summed E-state index contributed by atoms with van der Waals surface area (Å²) in [5.74, 6) is -1.20. The molecular weight excluding hydrogens is 348 g/mol. The molecule has 2 radical (unpaired) electrons. The summed E-state index contributed by atoms with van der Waals surface area (Å²) >= 11 is 0. The van der Waals surface area contributed by atoms with Gasteiger partial charge in [0.2, 0.25) is 0 Å². The molecular formula is C9H10NO3Y2-. The van der Waals surface area contributed by atoms with Crippen molar-refractivity contribution in [1.82, 2.24) is 4.57 Å². The van der Waals surface area contributed by atoms with Crippen molar-refractivity contribution in [3.05, 3.63) is 33.2 Å². The van der Waals surface area contributed by atoms with Crippen molar-refractivity contribution in [2.75, 3.05) is 0 Å². The smallest absolute Gasteiger partial charge is 0.257 e. The summed E-state index contributed by atoms with van der Waals surface area (Å²) in [6.45, 7) is 3.28. The maximum atomic E-state index is 11.4. The Labute approximate surface area is 138 Å². The van der Waals surface area contributed by atoms with Crippen LogP contribution < -0.4 is 5.56 Å². The van der Waals surface area contributed by atoms with E-state index >= 15 is 0 Å². The normalized spacial score (nSPS) is 8.73. The second kappa shape index (κ2) is 7.05. The second-order valence-electron chi connectivity index (χ2n) is 2.88. The molecule has 0 unspecified atom stereocenters. The summed E-state index contributed by atoms with van der Waals surface area (Å²) in [6.07, 6.45) is 0. The molecule has 15 heavy (non-hydrogen) atoms. The predicted octanol–water partition coefficient (Wildman–Crippen LogP) is 0.496. The number of pyridine rings is 1. The minimum Gasteiger partial charge on any atom is -0.491 e. The summed E-state index contributed by atoms with van der Waals surface area (Å²) in [5.41, 5.74) is 0.329. The Hall–Kier alpha value is 0.628. The number of carboxylic acid groups (broad SMARTS) is 1. The van der Waals surface area contributed by atoms with E-state index in [9.17, 15) is 9.59 Å². The zero-order valence-corrected chi connectivity index (χ0v) is 14.5. The van der Waals surface area contributed by atoms with E-state index in [1.165, 1.54) is 11.6 Å². The van der Waals surface area contributed by atoms with Crippen molar-refractivity contribution in [3.8, 4) is 0 Å². The van der Waals surface area contributed by atoms with Crippen LogP contribution in [0.15, 0.2) is 4.79 Å². The molecule has 1 aromatic rings. The van der Waals surface area contributed by atoms with Gasteiger partial charge in [-0.25, -0.2) is 11.6 Å². The van der Waals surface area contributed by atoms with Crippen LogP contribution in [0.1, 0.15) is 21.6 Å². The van der Waals surface area contributed by atoms with Crippen molar-refractivity contribution >= 4 is 5.97 Å². The molecule has 0 bridgehead atoms. The molecule has 0 aromatic carbocycles. The summed E-state index contributed by atoms with van der Waals surface area (Å²) in [7, 11) is 1.53. The van der Waals surface area contributed by atoms with Gasteiger partial charge in [-0.2, -0.15) is 0 Å². The van der Waals surface area contributed by atoms with Crippen LogP contribution in [0.5, 0.6) is 0 Å². The van der Waals surface area contributed by atoms with Crippen molar-refractivity contribution < 1.29 is 75.3 Å². The van der Waals surface area contributed by atoms with Gasteiger partial charge >= 0.3 is 0 Å². The molecule has 0 spiro atoms. The SMILES string of the molecule is Cc1[c-]c(C)n(C)c(=O)c1C(=O)O.[Y].[Y]. The first kappa shape index (κ1) is 18.0. The molecule has 1 rings (SSSR count). The van der Waals surface area contributed by atoms with E-state index in [2.05, 4.69) is 6.07 Å². The monoisotopic (exact) mass is 358 g/mol. The summed E-state index contributed by atoms with van der Waals surface area (Å²) in [6, 6.07) is 2.81. The molecule has 0 aliphatic carbocycles. The Morgan fingerprint density at radius 2 is 1.80 bits per heavy atom. The Balaban J connectivity index is 0. The van der Waals surface area contributed by atoms with Gasteiger partial charge in [0.1, 0.15) is 0 Å². The number of hydrogen-bond donors (Lipinski definition) is 1. The number of nitrogens with zero attached hydrogens (tertiary/aromatic N) is 1. The summed E-state index contributed by atoms with van der Waals surface area (Å²) in [5, 5.41) is 8.73. The van der Waals surface area contributed by atoms with Gasteiger partial charge in [0.25, 0.3) is 5.97 Å². The minimum absolute atomic E-state index is 0. The average Bonchev–Trinajstić information content (AvgIpc) is 1.99. The fraction of sp³-hybridized carbons (Fsp3) is 0.333. The van der Waals surface area contributed by atoms with E-state index < -0.39 is 11.5 Å². The van der Waals surface area contributed by atoms with Crippen LogP contribution in [-0.4, -0.2) is 15.6 Å². The van der Waals surface area contributed by atoms with Crippen LogP contribution in [0, 0.1) is 19.9 Å². The van der Waals surface area contributed by atoms with Crippen LogP contribution >= 0.6 is 0 Å². The quantitative estimate of drug-likeness (QED) is 0.744. The van der Waals surface area contributed by atoms with Crippen molar-refractivity contribution in [2.24, 2.45) is 7.05 Å². The Morgan fingerprint density at radius 1 is 1.33 bits per heavy atom. The Kier molecular flexibility index (Phi) is 8.46. The third-order valence-corrected chi connectivity index (χ3v) is 1.98. The van der Waals surface area contributed by atoms with Crippen molar-refractivity contribution in [1.29, 1.82) is 0 Å². The first-order valence-corrected chi connectivity index (χ1v) is 3.78. The van der Waals surface area contributed by atoms with Gasteiger partial charge < -0.3 is 9.67 Å². The first-order chi connectivity index (χ1) is 5.95. The van der Waals surface area contributed by atoms with Crippen molar-refractivity contribution in [3.63, 3.8) is 0 Å². The fourth-order valence-electron chi connectivity index (χ4n) is 1.15. The van der Waals surface area contributed by atoms with E-state index in [1.807, 2.05) is 0 Å². The number of hydrogen-bond acceptors (Lipinski definition) is 2. The van der Waals surface area contributed by atoms with Crippen LogP contribution in [-0.2, 0) is 72.5 Å². The average molecular weight is 358 g/mol. The van der Waals surface area contributed by atoms with Crippen LogP contribution in [0.3, 0.4) is 0 Å². The maximum Gasteiger partial charge on any atom is 0.257 e. The second-order valence-corrected chi connectivity index (χ2v) is 2.88. The predicted molar refractivity (Wildman–Crippen MR) is 47.0 cm³/mol. The van der Waals surface area contributed by atoms with E-state index in [-0.39, 0.29) is 71.0 Å². The van der Waals surface area contributed by atoms with E-state index in [1.54, 1.807) is 13.8 Å². The molecule has 0 saturated heterocycles. The molecule has 0 aliphatic rings. The Morgan fingerprint density at radius 3 is 2.20 bits per heavy atom. The number of carbonyl (C=O) groups is 1. The van der Waals surface area contributed by atoms with Crippen LogP contribution in [0.25, 0.3) is 0 Å². The molecule has 0 fully saturated rings. The zero-order chi connectivity index (χ0) is 10.2. The zero-order valence-electron chi connectivity index (χ0n) is 8.87. The number of aromatic carboxylic acids is 1. The Bertz CT molecular complexity index is 426. The molecule has 1 N–H and O–H groups in total. The van der Waals surface area contributed by atoms with Crippen molar-refractivity contribution in [2.45, 2.75) is 13.8 Å². The number of aryl methyl sites for hydroxylation is 2. The van der Waals surface area contributed by atoms with Gasteiger partial charge in [-0.3, -0.25) is 9.59 Å². The van der Waals surface area contributed by atoms with E-state index in [0.29, 0.717) is 11.3 Å². The third-order valence-electron chi connectivity index (χ3n) is 1.98. The maximum absolute atomic E-state index is 11.4. The van der Waals surface area contributed by atoms with E-state index in [4.69, 9.17) is 5.11 Å². The van der Waals surface area contributed by atoms with Crippen LogP contribution in [0.2, 0.25) is 0 Å². The molecule has 1 heterocycles. The molecule has 76 valence electrons. The number of aromatic nitrogens is 1. The summed E-state index contributed by atoms with van der Waals surface area (Å²) < 4.78 is 1.27. The number of carboxylic acids is 1. The molecule has 4 nitrogen and oxygen atoms in total. The van der Waals surface area contributed by atoms with Gasteiger partial charge in [-0.15, -0.1) is 0 Å². The molecule has 6 heteroatoms. The van der Waals surface area contributed by atoms with Gasteiger partial charge in [0.05, 0.1) is 0 Å².